The van der Waals surface area contributed by atoms with Gasteiger partial charge in [-0.2, -0.15) is 0 Å². The summed E-state index contributed by atoms with van der Waals surface area (Å²) in [6.07, 6.45) is 1.60. The van der Waals surface area contributed by atoms with Gasteiger partial charge in [0.1, 0.15) is 0 Å². The molecule has 0 atom stereocenters. The van der Waals surface area contributed by atoms with Crippen LogP contribution >= 0.6 is 23.4 Å². The molecule has 1 fully saturated rings. The minimum atomic E-state index is -0.281. The van der Waals surface area contributed by atoms with Crippen molar-refractivity contribution < 1.29 is 14.6 Å². The van der Waals surface area contributed by atoms with Gasteiger partial charge in [0, 0.05) is 5.56 Å². The van der Waals surface area contributed by atoms with Crippen LogP contribution in [-0.2, 0) is 4.79 Å². The number of thioether (sulfide) groups is 1. The minimum Gasteiger partial charge on any atom is -0.504 e. The molecule has 0 aliphatic carbocycles. The number of rotatable bonds is 4. The van der Waals surface area contributed by atoms with Crippen molar-refractivity contribution in [3.05, 3.63) is 58.0 Å². The number of benzene rings is 2. The molecule has 0 radical (unpaired) electrons. The first-order valence-electron chi connectivity index (χ1n) is 7.57. The van der Waals surface area contributed by atoms with Gasteiger partial charge in [-0.25, -0.2) is 4.99 Å². The number of ether oxygens (including phenoxy) is 1. The Hall–Kier alpha value is -2.44. The van der Waals surface area contributed by atoms with Crippen LogP contribution in [-0.4, -0.2) is 22.8 Å². The van der Waals surface area contributed by atoms with Crippen molar-refractivity contribution in [3.8, 4) is 11.5 Å². The zero-order valence-electron chi connectivity index (χ0n) is 13.3. The Morgan fingerprint density at radius 3 is 2.84 bits per heavy atom. The average Bonchev–Trinajstić information content (AvgIpc) is 2.93. The van der Waals surface area contributed by atoms with E-state index in [0.717, 1.165) is 0 Å². The van der Waals surface area contributed by atoms with Crippen LogP contribution in [0.5, 0.6) is 11.5 Å². The van der Waals surface area contributed by atoms with Gasteiger partial charge in [0.05, 0.1) is 22.2 Å². The molecule has 3 rings (SSSR count). The van der Waals surface area contributed by atoms with Gasteiger partial charge in [0.2, 0.25) is 0 Å². The SMILES string of the molecule is CCOc1cccc(/C=C2\SC(=Nc3ccccc3Cl)NC2=O)c1O. The number of amides is 1. The molecule has 0 unspecified atom stereocenters. The highest BCUT2D eigenvalue weighted by molar-refractivity contribution is 8.18. The van der Waals surface area contributed by atoms with E-state index in [1.807, 2.05) is 19.1 Å². The molecule has 5 nitrogen and oxygen atoms in total. The number of phenols is 1. The number of hydrogen-bond acceptors (Lipinski definition) is 5. The molecular formula is C18H15ClN2O3S. The maximum Gasteiger partial charge on any atom is 0.264 e. The first-order chi connectivity index (χ1) is 12.1. The number of halogens is 1. The quantitative estimate of drug-likeness (QED) is 0.781. The first kappa shape index (κ1) is 17.4. The van der Waals surface area contributed by atoms with Crippen LogP contribution in [0.4, 0.5) is 5.69 Å². The number of hydrogen-bond donors (Lipinski definition) is 2. The van der Waals surface area contributed by atoms with Crippen molar-refractivity contribution in [3.63, 3.8) is 0 Å². The second-order valence-corrected chi connectivity index (χ2v) is 6.50. The van der Waals surface area contributed by atoms with Crippen LogP contribution in [0.1, 0.15) is 12.5 Å². The smallest absolute Gasteiger partial charge is 0.264 e. The standard InChI is InChI=1S/C18H15ClN2O3S/c1-2-24-14-9-5-6-11(16(14)22)10-15-17(23)21-18(25-15)20-13-8-4-3-7-12(13)19/h3-10,22H,2H2,1H3,(H,20,21,23)/b15-10-. The summed E-state index contributed by atoms with van der Waals surface area (Å²) in [5.41, 5.74) is 1.08. The number of nitrogens with zero attached hydrogens (tertiary/aromatic N) is 1. The highest BCUT2D eigenvalue weighted by Gasteiger charge is 2.24. The third-order valence-corrected chi connectivity index (χ3v) is 4.57. The summed E-state index contributed by atoms with van der Waals surface area (Å²) in [6, 6.07) is 12.3. The molecule has 2 aromatic carbocycles. The first-order valence-corrected chi connectivity index (χ1v) is 8.77. The van der Waals surface area contributed by atoms with E-state index in [4.69, 9.17) is 16.3 Å². The predicted octanol–water partition coefficient (Wildman–Crippen LogP) is 4.34. The van der Waals surface area contributed by atoms with Gasteiger partial charge in [0.25, 0.3) is 5.91 Å². The summed E-state index contributed by atoms with van der Waals surface area (Å²) in [7, 11) is 0. The van der Waals surface area contributed by atoms with Crippen molar-refractivity contribution in [1.82, 2.24) is 5.32 Å². The van der Waals surface area contributed by atoms with Crippen LogP contribution in [0.3, 0.4) is 0 Å². The van der Waals surface area contributed by atoms with Gasteiger partial charge >= 0.3 is 0 Å². The van der Waals surface area contributed by atoms with Crippen LogP contribution < -0.4 is 10.1 Å². The highest BCUT2D eigenvalue weighted by atomic mass is 35.5. The molecule has 1 amide bonds. The van der Waals surface area contributed by atoms with Crippen molar-refractivity contribution in [2.75, 3.05) is 6.61 Å². The number of amidine groups is 1. The third kappa shape index (κ3) is 3.97. The van der Waals surface area contributed by atoms with Crippen molar-refractivity contribution in [1.29, 1.82) is 0 Å². The lowest BCUT2D eigenvalue weighted by atomic mass is 10.1. The van der Waals surface area contributed by atoms with Crippen LogP contribution in [0, 0.1) is 0 Å². The molecule has 0 bridgehead atoms. The lowest BCUT2D eigenvalue weighted by Gasteiger charge is -2.07. The molecule has 7 heteroatoms. The lowest BCUT2D eigenvalue weighted by Crippen LogP contribution is -2.19. The lowest BCUT2D eigenvalue weighted by molar-refractivity contribution is -0.115. The topological polar surface area (TPSA) is 70.9 Å². The Morgan fingerprint density at radius 2 is 2.08 bits per heavy atom. The monoisotopic (exact) mass is 374 g/mol. The van der Waals surface area contributed by atoms with Gasteiger partial charge in [-0.3, -0.25) is 4.79 Å². The van der Waals surface area contributed by atoms with Gasteiger partial charge in [0.15, 0.2) is 16.7 Å². The van der Waals surface area contributed by atoms with E-state index in [1.165, 1.54) is 11.8 Å². The fourth-order valence-corrected chi connectivity index (χ4v) is 3.20. The van der Waals surface area contributed by atoms with Crippen LogP contribution in [0.2, 0.25) is 5.02 Å². The molecule has 1 aliphatic heterocycles. The fourth-order valence-electron chi connectivity index (χ4n) is 2.20. The number of carbonyl (C=O) groups is 1. The van der Waals surface area contributed by atoms with Gasteiger partial charge < -0.3 is 15.2 Å². The molecule has 2 N–H and O–H groups in total. The predicted molar refractivity (Wildman–Crippen MR) is 102 cm³/mol. The number of aliphatic imine (C=N–C) groups is 1. The molecule has 1 heterocycles. The molecule has 0 aromatic heterocycles. The van der Waals surface area contributed by atoms with E-state index >= 15 is 0 Å². The van der Waals surface area contributed by atoms with Gasteiger partial charge in [-0.1, -0.05) is 35.9 Å². The Kier molecular flexibility index (Phi) is 5.31. The number of para-hydroxylation sites is 2. The number of carbonyl (C=O) groups excluding carboxylic acids is 1. The minimum absolute atomic E-state index is 0.00161. The van der Waals surface area contributed by atoms with Crippen molar-refractivity contribution >= 4 is 46.2 Å². The average molecular weight is 375 g/mol. The number of nitrogens with one attached hydrogen (secondary N) is 1. The van der Waals surface area contributed by atoms with Gasteiger partial charge in [-0.05, 0) is 43.0 Å². The molecule has 0 spiro atoms. The Labute approximate surface area is 154 Å². The summed E-state index contributed by atoms with van der Waals surface area (Å²) in [4.78, 5) is 16.9. The van der Waals surface area contributed by atoms with E-state index in [1.54, 1.807) is 36.4 Å². The molecule has 25 heavy (non-hydrogen) atoms. The maximum absolute atomic E-state index is 12.2. The number of phenolic OH excluding ortho intramolecular Hbond substituents is 1. The second kappa shape index (κ2) is 7.63. The molecule has 1 saturated heterocycles. The zero-order chi connectivity index (χ0) is 17.8. The summed E-state index contributed by atoms with van der Waals surface area (Å²) in [6.45, 7) is 2.28. The van der Waals surface area contributed by atoms with E-state index < -0.39 is 0 Å². The normalized spacial score (nSPS) is 17.1. The molecule has 2 aromatic rings. The van der Waals surface area contributed by atoms with E-state index in [0.29, 0.717) is 38.7 Å². The second-order valence-electron chi connectivity index (χ2n) is 5.06. The maximum atomic E-state index is 12.2. The number of aromatic hydroxyl groups is 1. The highest BCUT2D eigenvalue weighted by Crippen LogP contribution is 2.35. The Morgan fingerprint density at radius 1 is 1.28 bits per heavy atom. The van der Waals surface area contributed by atoms with Crippen molar-refractivity contribution in [2.45, 2.75) is 6.92 Å². The summed E-state index contributed by atoms with van der Waals surface area (Å²) in [5, 5.41) is 13.9. The zero-order valence-corrected chi connectivity index (χ0v) is 14.9. The molecular weight excluding hydrogens is 360 g/mol. The summed E-state index contributed by atoms with van der Waals surface area (Å²) < 4.78 is 5.36. The Balaban J connectivity index is 1.87. The molecule has 1 aliphatic rings. The van der Waals surface area contributed by atoms with E-state index in [-0.39, 0.29) is 11.7 Å². The fraction of sp³-hybridized carbons (Fsp3) is 0.111. The van der Waals surface area contributed by atoms with Crippen LogP contribution in [0.25, 0.3) is 6.08 Å². The largest absolute Gasteiger partial charge is 0.504 e. The van der Waals surface area contributed by atoms with E-state index in [2.05, 4.69) is 10.3 Å². The van der Waals surface area contributed by atoms with Crippen LogP contribution in [0.15, 0.2) is 52.4 Å². The summed E-state index contributed by atoms with van der Waals surface area (Å²) in [5.74, 6) is 0.101. The molecule has 128 valence electrons. The van der Waals surface area contributed by atoms with Crippen molar-refractivity contribution in [2.24, 2.45) is 4.99 Å². The third-order valence-electron chi connectivity index (χ3n) is 3.34. The molecule has 0 saturated carbocycles. The van der Waals surface area contributed by atoms with E-state index in [9.17, 15) is 9.90 Å². The Bertz CT molecular complexity index is 880. The summed E-state index contributed by atoms with van der Waals surface area (Å²) >= 11 is 7.27. The van der Waals surface area contributed by atoms with Gasteiger partial charge in [-0.15, -0.1) is 0 Å².